The van der Waals surface area contributed by atoms with E-state index in [4.69, 9.17) is 27.4 Å². The Morgan fingerprint density at radius 1 is 0.957 bits per heavy atom. The molecule has 0 saturated carbocycles. The number of hydrogen-bond donors (Lipinski definition) is 3. The monoisotopic (exact) mass is 364 g/mol. The van der Waals surface area contributed by atoms with Crippen LogP contribution < -0.4 is 11.1 Å². The lowest BCUT2D eigenvalue weighted by Gasteiger charge is -2.26. The molecule has 2 saturated heterocycles. The van der Waals surface area contributed by atoms with Gasteiger partial charge in [0.1, 0.15) is 4.32 Å². The standard InChI is InChI=1S/C8H16N2OS2.C7H16N2O/c12-8(13)9-2-1-3-10-4-6-11-7-5-10;8-2-1-3-9-4-6-10-7-5-9/h1-7H2,(H2,9,12,13);1-8H2. The smallest absolute Gasteiger partial charge is 0.130 e. The van der Waals surface area contributed by atoms with E-state index >= 15 is 0 Å². The van der Waals surface area contributed by atoms with Gasteiger partial charge in [0.05, 0.1) is 26.4 Å². The number of nitrogens with zero attached hydrogens (tertiary/aromatic N) is 2. The molecule has 0 spiro atoms. The predicted molar refractivity (Wildman–Crippen MR) is 102 cm³/mol. The van der Waals surface area contributed by atoms with Gasteiger partial charge in [0.15, 0.2) is 0 Å². The number of thiocarbonyl (C=S) groups is 1. The van der Waals surface area contributed by atoms with Crippen LogP contribution >= 0.6 is 24.8 Å². The average molecular weight is 365 g/mol. The van der Waals surface area contributed by atoms with Crippen molar-refractivity contribution in [2.45, 2.75) is 12.8 Å². The third-order valence-corrected chi connectivity index (χ3v) is 4.12. The molecule has 8 heteroatoms. The second-order valence-electron chi connectivity index (χ2n) is 5.64. The van der Waals surface area contributed by atoms with Gasteiger partial charge < -0.3 is 20.5 Å². The number of thiol groups is 1. The van der Waals surface area contributed by atoms with Crippen molar-refractivity contribution in [1.82, 2.24) is 15.1 Å². The van der Waals surface area contributed by atoms with E-state index in [1.165, 1.54) is 0 Å². The number of rotatable bonds is 7. The van der Waals surface area contributed by atoms with Crippen LogP contribution in [-0.4, -0.2) is 92.9 Å². The molecule has 0 amide bonds. The zero-order valence-electron chi connectivity index (χ0n) is 14.0. The third-order valence-electron chi connectivity index (χ3n) is 3.81. The molecule has 2 heterocycles. The first-order valence-corrected chi connectivity index (χ1v) is 9.35. The Balaban J connectivity index is 0.000000238. The zero-order chi connectivity index (χ0) is 16.8. The van der Waals surface area contributed by atoms with Gasteiger partial charge in [-0.05, 0) is 32.5 Å². The Morgan fingerprint density at radius 2 is 1.43 bits per heavy atom. The Morgan fingerprint density at radius 3 is 1.87 bits per heavy atom. The second-order valence-corrected chi connectivity index (χ2v) is 6.79. The third kappa shape index (κ3) is 12.1. The van der Waals surface area contributed by atoms with Gasteiger partial charge in [-0.25, -0.2) is 0 Å². The summed E-state index contributed by atoms with van der Waals surface area (Å²) in [4.78, 5) is 4.81. The highest BCUT2D eigenvalue weighted by atomic mass is 32.1. The fourth-order valence-electron chi connectivity index (χ4n) is 2.46. The van der Waals surface area contributed by atoms with Crippen molar-refractivity contribution in [3.63, 3.8) is 0 Å². The van der Waals surface area contributed by atoms with Crippen LogP contribution in [0.2, 0.25) is 0 Å². The Hall–Kier alpha value is 0.0400. The first kappa shape index (κ1) is 21.1. The van der Waals surface area contributed by atoms with E-state index in [1.54, 1.807) is 0 Å². The summed E-state index contributed by atoms with van der Waals surface area (Å²) >= 11 is 8.77. The zero-order valence-corrected chi connectivity index (χ0v) is 15.8. The van der Waals surface area contributed by atoms with Gasteiger partial charge in [0.25, 0.3) is 0 Å². The summed E-state index contributed by atoms with van der Waals surface area (Å²) in [5, 5.41) is 3.02. The van der Waals surface area contributed by atoms with Crippen LogP contribution in [0.3, 0.4) is 0 Å². The van der Waals surface area contributed by atoms with Crippen LogP contribution in [-0.2, 0) is 9.47 Å². The minimum Gasteiger partial charge on any atom is -0.379 e. The Labute approximate surface area is 151 Å². The highest BCUT2D eigenvalue weighted by Crippen LogP contribution is 1.97. The molecule has 0 aromatic carbocycles. The number of nitrogens with two attached hydrogens (primary N) is 1. The molecule has 0 radical (unpaired) electrons. The molecule has 3 N–H and O–H groups in total. The van der Waals surface area contributed by atoms with Crippen molar-refractivity contribution < 1.29 is 9.47 Å². The van der Waals surface area contributed by atoms with Crippen molar-refractivity contribution in [3.05, 3.63) is 0 Å². The van der Waals surface area contributed by atoms with E-state index in [2.05, 4.69) is 27.7 Å². The van der Waals surface area contributed by atoms with Crippen molar-refractivity contribution in [2.24, 2.45) is 5.73 Å². The van der Waals surface area contributed by atoms with Gasteiger partial charge in [-0.15, -0.1) is 12.6 Å². The van der Waals surface area contributed by atoms with Crippen molar-refractivity contribution in [1.29, 1.82) is 0 Å². The maximum Gasteiger partial charge on any atom is 0.130 e. The summed E-state index contributed by atoms with van der Waals surface area (Å²) in [5.41, 5.74) is 5.39. The van der Waals surface area contributed by atoms with Gasteiger partial charge in [-0.1, -0.05) is 12.2 Å². The van der Waals surface area contributed by atoms with Crippen LogP contribution in [0.1, 0.15) is 12.8 Å². The normalized spacial score (nSPS) is 19.7. The highest BCUT2D eigenvalue weighted by Gasteiger charge is 2.09. The first-order valence-electron chi connectivity index (χ1n) is 8.49. The largest absolute Gasteiger partial charge is 0.379 e. The molecule has 2 aliphatic rings. The summed E-state index contributed by atoms with van der Waals surface area (Å²) in [6, 6.07) is 0. The molecule has 2 rings (SSSR count). The summed E-state index contributed by atoms with van der Waals surface area (Å²) in [6.07, 6.45) is 2.22. The number of morpholine rings is 2. The van der Waals surface area contributed by atoms with Crippen LogP contribution in [0.15, 0.2) is 0 Å². The van der Waals surface area contributed by atoms with Crippen molar-refractivity contribution >= 4 is 29.2 Å². The molecule has 0 atom stereocenters. The minimum absolute atomic E-state index is 0.585. The average Bonchev–Trinajstić information content (AvgIpc) is 2.59. The summed E-state index contributed by atoms with van der Waals surface area (Å²) in [7, 11) is 0. The van der Waals surface area contributed by atoms with E-state index in [0.29, 0.717) is 4.32 Å². The molecule has 0 aliphatic carbocycles. The van der Waals surface area contributed by atoms with E-state index in [1.807, 2.05) is 0 Å². The molecule has 2 aliphatic heterocycles. The lowest BCUT2D eigenvalue weighted by Crippen LogP contribution is -2.37. The summed E-state index contributed by atoms with van der Waals surface area (Å²) in [5.74, 6) is 0. The molecule has 0 aromatic rings. The molecule has 2 fully saturated rings. The fraction of sp³-hybridized carbons (Fsp3) is 0.933. The number of ether oxygens (including phenoxy) is 2. The van der Waals surface area contributed by atoms with E-state index in [-0.39, 0.29) is 0 Å². The van der Waals surface area contributed by atoms with Gasteiger partial charge in [-0.3, -0.25) is 9.80 Å². The molecular formula is C15H32N4O2S2. The van der Waals surface area contributed by atoms with E-state index in [9.17, 15) is 0 Å². The van der Waals surface area contributed by atoms with Crippen LogP contribution in [0, 0.1) is 0 Å². The number of nitrogens with one attached hydrogen (secondary N) is 1. The molecule has 0 aromatic heterocycles. The fourth-order valence-corrected chi connectivity index (χ4v) is 2.68. The maximum atomic E-state index is 5.39. The van der Waals surface area contributed by atoms with Crippen LogP contribution in [0.25, 0.3) is 0 Å². The van der Waals surface area contributed by atoms with Crippen molar-refractivity contribution in [2.75, 3.05) is 78.8 Å². The van der Waals surface area contributed by atoms with Gasteiger partial charge in [0.2, 0.25) is 0 Å². The molecule has 0 unspecified atom stereocenters. The predicted octanol–water partition coefficient (Wildman–Crippen LogP) is 0.180. The van der Waals surface area contributed by atoms with Gasteiger partial charge in [-0.2, -0.15) is 0 Å². The molecule has 6 nitrogen and oxygen atoms in total. The quantitative estimate of drug-likeness (QED) is 0.338. The van der Waals surface area contributed by atoms with Crippen LogP contribution in [0.5, 0.6) is 0 Å². The lowest BCUT2D eigenvalue weighted by molar-refractivity contribution is 0.0376. The molecular weight excluding hydrogens is 332 g/mol. The molecule has 0 bridgehead atoms. The minimum atomic E-state index is 0.585. The maximum absolute atomic E-state index is 5.39. The molecule has 136 valence electrons. The Bertz CT molecular complexity index is 299. The molecule has 23 heavy (non-hydrogen) atoms. The highest BCUT2D eigenvalue weighted by molar-refractivity contribution is 8.11. The Kier molecular flexibility index (Phi) is 13.2. The first-order chi connectivity index (χ1) is 11.2. The lowest BCUT2D eigenvalue weighted by atomic mass is 10.3. The van der Waals surface area contributed by atoms with Gasteiger partial charge >= 0.3 is 0 Å². The second kappa shape index (κ2) is 14.4. The van der Waals surface area contributed by atoms with Crippen molar-refractivity contribution in [3.8, 4) is 0 Å². The summed E-state index contributed by atoms with van der Waals surface area (Å²) in [6.45, 7) is 11.8. The van der Waals surface area contributed by atoms with E-state index in [0.717, 1.165) is 91.6 Å². The summed E-state index contributed by atoms with van der Waals surface area (Å²) < 4.78 is 11.0. The van der Waals surface area contributed by atoms with Gasteiger partial charge in [0, 0.05) is 32.7 Å². The number of hydrogen-bond acceptors (Lipinski definition) is 6. The topological polar surface area (TPSA) is 63.0 Å². The SMILES string of the molecule is NCCCN1CCOCC1.S=C(S)NCCCN1CCOCC1. The van der Waals surface area contributed by atoms with E-state index < -0.39 is 0 Å². The van der Waals surface area contributed by atoms with Crippen LogP contribution in [0.4, 0.5) is 0 Å².